The Hall–Kier alpha value is -2.66. The van der Waals surface area contributed by atoms with Crippen LogP contribution in [0.25, 0.3) is 5.69 Å². The van der Waals surface area contributed by atoms with Crippen molar-refractivity contribution in [3.8, 4) is 5.69 Å². The van der Waals surface area contributed by atoms with Crippen LogP contribution in [0, 0.1) is 0 Å². The Bertz CT molecular complexity index is 889. The fourth-order valence-corrected chi connectivity index (χ4v) is 3.02. The highest BCUT2D eigenvalue weighted by atomic mass is 35.5. The van der Waals surface area contributed by atoms with E-state index in [1.165, 1.54) is 0 Å². The molecule has 0 saturated heterocycles. The lowest BCUT2D eigenvalue weighted by molar-refractivity contribution is 0.0724. The molecule has 0 radical (unpaired) electrons. The normalized spacial score (nSPS) is 13.6. The second kappa shape index (κ2) is 6.69. The molecule has 1 aliphatic rings. The Morgan fingerprint density at radius 3 is 2.56 bits per heavy atom. The number of benzene rings is 2. The quantitative estimate of drug-likeness (QED) is 0.703. The number of rotatable bonds is 5. The van der Waals surface area contributed by atoms with Crippen LogP contribution in [-0.2, 0) is 6.54 Å². The average Bonchev–Trinajstić information content (AvgIpc) is 3.37. The van der Waals surface area contributed by atoms with Crippen LogP contribution in [0.15, 0.2) is 60.8 Å². The van der Waals surface area contributed by atoms with Crippen molar-refractivity contribution in [1.29, 1.82) is 0 Å². The third kappa shape index (κ3) is 3.42. The highest BCUT2D eigenvalue weighted by Gasteiger charge is 2.34. The first-order valence-electron chi connectivity index (χ1n) is 8.24. The van der Waals surface area contributed by atoms with Gasteiger partial charge in [0.15, 0.2) is 5.69 Å². The number of hydrogen-bond acceptors (Lipinski definition) is 3. The van der Waals surface area contributed by atoms with Gasteiger partial charge in [0.2, 0.25) is 0 Å². The highest BCUT2D eigenvalue weighted by molar-refractivity contribution is 6.32. The summed E-state index contributed by atoms with van der Waals surface area (Å²) in [4.78, 5) is 14.8. The van der Waals surface area contributed by atoms with Crippen LogP contribution in [-0.4, -0.2) is 31.8 Å². The Balaban J connectivity index is 1.58. The van der Waals surface area contributed by atoms with E-state index >= 15 is 0 Å². The molecule has 0 atom stereocenters. The second-order valence-corrected chi connectivity index (χ2v) is 6.56. The lowest BCUT2D eigenvalue weighted by Crippen LogP contribution is -2.32. The molecule has 0 spiro atoms. The van der Waals surface area contributed by atoms with E-state index in [9.17, 15) is 4.79 Å². The second-order valence-electron chi connectivity index (χ2n) is 6.15. The zero-order valence-corrected chi connectivity index (χ0v) is 14.3. The minimum Gasteiger partial charge on any atom is -0.330 e. The van der Waals surface area contributed by atoms with Gasteiger partial charge >= 0.3 is 0 Å². The topological polar surface area (TPSA) is 51.0 Å². The molecule has 0 N–H and O–H groups in total. The first kappa shape index (κ1) is 15.8. The third-order valence-electron chi connectivity index (χ3n) is 4.26. The Labute approximate surface area is 150 Å². The van der Waals surface area contributed by atoms with Gasteiger partial charge in [-0.1, -0.05) is 59.3 Å². The van der Waals surface area contributed by atoms with Gasteiger partial charge in [0.25, 0.3) is 5.91 Å². The molecule has 1 amide bonds. The maximum Gasteiger partial charge on any atom is 0.276 e. The van der Waals surface area contributed by atoms with Gasteiger partial charge in [0.1, 0.15) is 0 Å². The van der Waals surface area contributed by atoms with Crippen molar-refractivity contribution in [1.82, 2.24) is 19.9 Å². The molecule has 5 nitrogen and oxygen atoms in total. The van der Waals surface area contributed by atoms with E-state index in [0.717, 1.165) is 18.4 Å². The summed E-state index contributed by atoms with van der Waals surface area (Å²) >= 11 is 6.19. The first-order valence-corrected chi connectivity index (χ1v) is 8.62. The van der Waals surface area contributed by atoms with Crippen molar-refractivity contribution < 1.29 is 4.79 Å². The molecule has 1 fully saturated rings. The molecule has 4 rings (SSSR count). The molecule has 1 aromatic heterocycles. The summed E-state index contributed by atoms with van der Waals surface area (Å²) in [5.41, 5.74) is 2.15. The van der Waals surface area contributed by atoms with E-state index in [1.54, 1.807) is 16.9 Å². The third-order valence-corrected chi connectivity index (χ3v) is 4.58. The maximum atomic E-state index is 12.9. The molecule has 2 aromatic carbocycles. The van der Waals surface area contributed by atoms with Gasteiger partial charge in [-0.05, 0) is 30.5 Å². The van der Waals surface area contributed by atoms with Crippen molar-refractivity contribution in [2.75, 3.05) is 0 Å². The lowest BCUT2D eigenvalue weighted by atomic mass is 10.2. The smallest absolute Gasteiger partial charge is 0.276 e. The van der Waals surface area contributed by atoms with Crippen LogP contribution < -0.4 is 0 Å². The lowest BCUT2D eigenvalue weighted by Gasteiger charge is -2.21. The summed E-state index contributed by atoms with van der Waals surface area (Å²) in [5, 5.41) is 8.71. The summed E-state index contributed by atoms with van der Waals surface area (Å²) in [5.74, 6) is -0.0929. The number of amides is 1. The van der Waals surface area contributed by atoms with Crippen molar-refractivity contribution in [2.45, 2.75) is 25.4 Å². The Kier molecular flexibility index (Phi) is 4.24. The molecule has 1 aliphatic carbocycles. The molecule has 25 heavy (non-hydrogen) atoms. The summed E-state index contributed by atoms with van der Waals surface area (Å²) in [6.07, 6.45) is 3.72. The number of aromatic nitrogens is 3. The van der Waals surface area contributed by atoms with Crippen LogP contribution in [0.5, 0.6) is 0 Å². The largest absolute Gasteiger partial charge is 0.330 e. The molecule has 0 aliphatic heterocycles. The average molecular weight is 353 g/mol. The highest BCUT2D eigenvalue weighted by Crippen LogP contribution is 2.29. The SMILES string of the molecule is O=C(c1cn(-c2ccccc2Cl)nn1)N(Cc1ccccc1)C1CC1. The van der Waals surface area contributed by atoms with E-state index < -0.39 is 0 Å². The molecule has 0 bridgehead atoms. The Morgan fingerprint density at radius 1 is 1.12 bits per heavy atom. The zero-order valence-electron chi connectivity index (χ0n) is 13.5. The van der Waals surface area contributed by atoms with Gasteiger partial charge in [0, 0.05) is 12.6 Å². The molecule has 6 heteroatoms. The zero-order chi connectivity index (χ0) is 17.2. The van der Waals surface area contributed by atoms with Crippen LogP contribution in [0.4, 0.5) is 0 Å². The number of nitrogens with zero attached hydrogens (tertiary/aromatic N) is 4. The molecule has 3 aromatic rings. The predicted octanol–water partition coefficient (Wildman–Crippen LogP) is 3.73. The minimum atomic E-state index is -0.0929. The summed E-state index contributed by atoms with van der Waals surface area (Å²) < 4.78 is 1.54. The van der Waals surface area contributed by atoms with Gasteiger partial charge in [-0.3, -0.25) is 4.79 Å². The maximum absolute atomic E-state index is 12.9. The van der Waals surface area contributed by atoms with Gasteiger partial charge < -0.3 is 4.90 Å². The van der Waals surface area contributed by atoms with E-state index in [1.807, 2.05) is 53.4 Å². The molecular formula is C19H17ClN4O. The van der Waals surface area contributed by atoms with Gasteiger partial charge in [-0.25, -0.2) is 4.68 Å². The molecule has 1 heterocycles. The predicted molar refractivity (Wildman–Crippen MR) is 95.7 cm³/mol. The first-order chi connectivity index (χ1) is 12.2. The Morgan fingerprint density at radius 2 is 1.84 bits per heavy atom. The van der Waals surface area contributed by atoms with Crippen LogP contribution in [0.2, 0.25) is 5.02 Å². The van der Waals surface area contributed by atoms with Crippen LogP contribution in [0.1, 0.15) is 28.9 Å². The van der Waals surface area contributed by atoms with E-state index in [0.29, 0.717) is 22.9 Å². The summed E-state index contributed by atoms with van der Waals surface area (Å²) in [7, 11) is 0. The number of para-hydroxylation sites is 1. The molecule has 126 valence electrons. The van der Waals surface area contributed by atoms with Crippen molar-refractivity contribution in [3.63, 3.8) is 0 Å². The van der Waals surface area contributed by atoms with E-state index in [-0.39, 0.29) is 11.9 Å². The number of carbonyl (C=O) groups is 1. The molecular weight excluding hydrogens is 336 g/mol. The monoisotopic (exact) mass is 352 g/mol. The standard InChI is InChI=1S/C19H17ClN4O/c20-16-8-4-5-9-18(16)24-13-17(21-22-24)19(25)23(15-10-11-15)12-14-6-2-1-3-7-14/h1-9,13,15H,10-12H2. The number of halogens is 1. The van der Waals surface area contributed by atoms with Gasteiger partial charge in [0.05, 0.1) is 16.9 Å². The fourth-order valence-electron chi connectivity index (χ4n) is 2.80. The van der Waals surface area contributed by atoms with Gasteiger partial charge in [-0.2, -0.15) is 0 Å². The van der Waals surface area contributed by atoms with E-state index in [2.05, 4.69) is 10.3 Å². The van der Waals surface area contributed by atoms with Crippen molar-refractivity contribution in [3.05, 3.63) is 77.1 Å². The minimum absolute atomic E-state index is 0.0929. The van der Waals surface area contributed by atoms with Crippen molar-refractivity contribution >= 4 is 17.5 Å². The van der Waals surface area contributed by atoms with E-state index in [4.69, 9.17) is 11.6 Å². The van der Waals surface area contributed by atoms with Crippen LogP contribution in [0.3, 0.4) is 0 Å². The van der Waals surface area contributed by atoms with Crippen molar-refractivity contribution in [2.24, 2.45) is 0 Å². The number of carbonyl (C=O) groups excluding carboxylic acids is 1. The number of hydrogen-bond donors (Lipinski definition) is 0. The fraction of sp³-hybridized carbons (Fsp3) is 0.211. The van der Waals surface area contributed by atoms with Gasteiger partial charge in [-0.15, -0.1) is 5.10 Å². The molecule has 1 saturated carbocycles. The summed E-state index contributed by atoms with van der Waals surface area (Å²) in [6.45, 7) is 0.587. The summed E-state index contributed by atoms with van der Waals surface area (Å²) in [6, 6.07) is 17.6. The van der Waals surface area contributed by atoms with Crippen LogP contribution >= 0.6 is 11.6 Å². The molecule has 0 unspecified atom stereocenters.